The number of rotatable bonds is 4. The fraction of sp³-hybridized carbons (Fsp3) is 0.500. The van der Waals surface area contributed by atoms with Crippen LogP contribution >= 0.6 is 11.3 Å². The van der Waals surface area contributed by atoms with Crippen molar-refractivity contribution < 1.29 is 0 Å². The molecule has 0 aliphatic carbocycles. The Labute approximate surface area is 146 Å². The Kier molecular flexibility index (Phi) is 4.33. The van der Waals surface area contributed by atoms with Gasteiger partial charge < -0.3 is 0 Å². The summed E-state index contributed by atoms with van der Waals surface area (Å²) < 4.78 is 1.29. The Morgan fingerprint density at radius 2 is 2.08 bits per heavy atom. The Hall–Kier alpha value is -1.79. The van der Waals surface area contributed by atoms with E-state index < -0.39 is 0 Å². The average Bonchev–Trinajstić information content (AvgIpc) is 3.21. The van der Waals surface area contributed by atoms with Crippen molar-refractivity contribution in [2.75, 3.05) is 13.1 Å². The Morgan fingerprint density at radius 3 is 2.83 bits per heavy atom. The number of nitrogens with zero attached hydrogens (tertiary/aromatic N) is 4. The summed E-state index contributed by atoms with van der Waals surface area (Å²) in [4.78, 5) is 11.9. The fourth-order valence-corrected chi connectivity index (χ4v) is 4.33. The molecule has 4 rings (SSSR count). The normalized spacial score (nSPS) is 16.9. The van der Waals surface area contributed by atoms with Crippen molar-refractivity contribution in [2.45, 2.75) is 45.6 Å². The van der Waals surface area contributed by atoms with Crippen molar-refractivity contribution in [3.8, 4) is 0 Å². The minimum atomic E-state index is 0.496. The molecule has 6 heteroatoms. The molecule has 0 atom stereocenters. The van der Waals surface area contributed by atoms with Gasteiger partial charge in [-0.15, -0.1) is 11.3 Å². The van der Waals surface area contributed by atoms with Crippen molar-refractivity contribution >= 4 is 21.6 Å². The average molecular weight is 341 g/mol. The van der Waals surface area contributed by atoms with Crippen molar-refractivity contribution in [2.24, 2.45) is 0 Å². The van der Waals surface area contributed by atoms with Gasteiger partial charge in [0.1, 0.15) is 10.8 Å². The smallest absolute Gasteiger partial charge is 0.153 e. The van der Waals surface area contributed by atoms with E-state index in [9.17, 15) is 0 Å². The number of hydrogen-bond acceptors (Lipinski definition) is 5. The summed E-state index contributed by atoms with van der Waals surface area (Å²) in [5.41, 5.74) is 2.41. The van der Waals surface area contributed by atoms with Gasteiger partial charge in [0.15, 0.2) is 5.82 Å². The van der Waals surface area contributed by atoms with E-state index in [2.05, 4.69) is 52.1 Å². The number of H-pyrrole nitrogens is 1. The Balaban J connectivity index is 1.38. The second-order valence-electron chi connectivity index (χ2n) is 6.62. The minimum absolute atomic E-state index is 0.496. The summed E-state index contributed by atoms with van der Waals surface area (Å²) in [5, 5.41) is 8.65. The van der Waals surface area contributed by atoms with Gasteiger partial charge in [-0.05, 0) is 50.6 Å². The van der Waals surface area contributed by atoms with E-state index in [4.69, 9.17) is 4.98 Å². The SMILES string of the molecule is CCc1nc(C2CCN(Cc3nc4cc(C)ccc4s3)CC2)n[nH]1. The second-order valence-corrected chi connectivity index (χ2v) is 7.74. The number of aromatic nitrogens is 4. The topological polar surface area (TPSA) is 57.7 Å². The number of hydrogen-bond donors (Lipinski definition) is 1. The van der Waals surface area contributed by atoms with Gasteiger partial charge in [-0.2, -0.15) is 5.10 Å². The van der Waals surface area contributed by atoms with Crippen LogP contribution in [0, 0.1) is 6.92 Å². The molecule has 1 fully saturated rings. The van der Waals surface area contributed by atoms with Crippen LogP contribution in [-0.4, -0.2) is 38.2 Å². The van der Waals surface area contributed by atoms with Gasteiger partial charge in [0.05, 0.1) is 16.8 Å². The summed E-state index contributed by atoms with van der Waals surface area (Å²) in [6, 6.07) is 6.53. The number of likely N-dealkylation sites (tertiary alicyclic amines) is 1. The first-order valence-electron chi connectivity index (χ1n) is 8.71. The van der Waals surface area contributed by atoms with Crippen LogP contribution in [0.2, 0.25) is 0 Å². The van der Waals surface area contributed by atoms with Gasteiger partial charge in [0, 0.05) is 12.3 Å². The Morgan fingerprint density at radius 1 is 1.25 bits per heavy atom. The largest absolute Gasteiger partial charge is 0.297 e. The quantitative estimate of drug-likeness (QED) is 0.787. The number of aryl methyl sites for hydroxylation is 2. The predicted octanol–water partition coefficient (Wildman–Crippen LogP) is 3.66. The van der Waals surface area contributed by atoms with E-state index in [1.807, 2.05) is 11.3 Å². The first-order valence-corrected chi connectivity index (χ1v) is 9.52. The molecule has 1 N–H and O–H groups in total. The molecule has 126 valence electrons. The molecule has 1 aliphatic rings. The number of thiazole rings is 1. The second kappa shape index (κ2) is 6.61. The maximum Gasteiger partial charge on any atom is 0.153 e. The van der Waals surface area contributed by atoms with Gasteiger partial charge in [0.2, 0.25) is 0 Å². The molecule has 24 heavy (non-hydrogen) atoms. The van der Waals surface area contributed by atoms with E-state index in [-0.39, 0.29) is 0 Å². The lowest BCUT2D eigenvalue weighted by Crippen LogP contribution is -2.32. The molecule has 1 saturated heterocycles. The lowest BCUT2D eigenvalue weighted by Gasteiger charge is -2.29. The van der Waals surface area contributed by atoms with Crippen molar-refractivity contribution in [1.82, 2.24) is 25.1 Å². The minimum Gasteiger partial charge on any atom is -0.297 e. The molecule has 0 amide bonds. The molecule has 0 bridgehead atoms. The van der Waals surface area contributed by atoms with Gasteiger partial charge in [0.25, 0.3) is 0 Å². The van der Waals surface area contributed by atoms with Crippen LogP contribution in [0.4, 0.5) is 0 Å². The van der Waals surface area contributed by atoms with Gasteiger partial charge >= 0.3 is 0 Å². The first kappa shape index (κ1) is 15.7. The van der Waals surface area contributed by atoms with E-state index in [0.29, 0.717) is 5.92 Å². The number of benzene rings is 1. The van der Waals surface area contributed by atoms with Gasteiger partial charge in [-0.3, -0.25) is 10.00 Å². The molecule has 2 aromatic heterocycles. The third-order valence-corrected chi connectivity index (χ3v) is 5.80. The van der Waals surface area contributed by atoms with Crippen LogP contribution in [0.15, 0.2) is 18.2 Å². The van der Waals surface area contributed by atoms with Crippen molar-refractivity contribution in [1.29, 1.82) is 0 Å². The lowest BCUT2D eigenvalue weighted by molar-refractivity contribution is 0.201. The number of nitrogens with one attached hydrogen (secondary N) is 1. The molecule has 3 aromatic rings. The van der Waals surface area contributed by atoms with Crippen molar-refractivity contribution in [3.63, 3.8) is 0 Å². The third-order valence-electron chi connectivity index (χ3n) is 4.78. The zero-order valence-electron chi connectivity index (χ0n) is 14.2. The van der Waals surface area contributed by atoms with E-state index in [1.165, 1.54) is 15.3 Å². The highest BCUT2D eigenvalue weighted by Gasteiger charge is 2.24. The fourth-order valence-electron chi connectivity index (χ4n) is 3.34. The van der Waals surface area contributed by atoms with Crippen LogP contribution in [0.5, 0.6) is 0 Å². The zero-order valence-corrected chi connectivity index (χ0v) is 15.1. The molecule has 1 aromatic carbocycles. The first-order chi connectivity index (χ1) is 11.7. The summed E-state index contributed by atoms with van der Waals surface area (Å²) in [7, 11) is 0. The highest BCUT2D eigenvalue weighted by Crippen LogP contribution is 2.28. The lowest BCUT2D eigenvalue weighted by atomic mass is 9.96. The molecule has 0 spiro atoms. The molecular weight excluding hydrogens is 318 g/mol. The number of fused-ring (bicyclic) bond motifs is 1. The van der Waals surface area contributed by atoms with Crippen LogP contribution in [0.3, 0.4) is 0 Å². The van der Waals surface area contributed by atoms with Crippen molar-refractivity contribution in [3.05, 3.63) is 40.4 Å². The molecule has 3 heterocycles. The number of piperidine rings is 1. The maximum absolute atomic E-state index is 4.81. The molecular formula is C18H23N5S. The summed E-state index contributed by atoms with van der Waals surface area (Å²) in [5.74, 6) is 2.50. The number of aromatic amines is 1. The van der Waals surface area contributed by atoms with Gasteiger partial charge in [-0.1, -0.05) is 13.0 Å². The van der Waals surface area contributed by atoms with Crippen LogP contribution < -0.4 is 0 Å². The highest BCUT2D eigenvalue weighted by molar-refractivity contribution is 7.18. The monoisotopic (exact) mass is 341 g/mol. The summed E-state index contributed by atoms with van der Waals surface area (Å²) >= 11 is 1.82. The zero-order chi connectivity index (χ0) is 16.5. The van der Waals surface area contributed by atoms with Crippen LogP contribution in [0.25, 0.3) is 10.2 Å². The van der Waals surface area contributed by atoms with E-state index in [0.717, 1.165) is 56.1 Å². The molecule has 0 radical (unpaired) electrons. The summed E-state index contributed by atoms with van der Waals surface area (Å²) in [6.07, 6.45) is 3.18. The Bertz CT molecular complexity index is 829. The van der Waals surface area contributed by atoms with E-state index in [1.54, 1.807) is 0 Å². The van der Waals surface area contributed by atoms with Crippen LogP contribution in [-0.2, 0) is 13.0 Å². The molecule has 5 nitrogen and oxygen atoms in total. The molecule has 0 unspecified atom stereocenters. The molecule has 0 saturated carbocycles. The van der Waals surface area contributed by atoms with E-state index >= 15 is 0 Å². The maximum atomic E-state index is 4.81. The third kappa shape index (κ3) is 3.21. The van der Waals surface area contributed by atoms with Crippen LogP contribution in [0.1, 0.15) is 47.9 Å². The van der Waals surface area contributed by atoms with Gasteiger partial charge in [-0.25, -0.2) is 9.97 Å². The predicted molar refractivity (Wildman–Crippen MR) is 97.4 cm³/mol. The highest BCUT2D eigenvalue weighted by atomic mass is 32.1. The standard InChI is InChI=1S/C18H23N5S/c1-3-16-20-18(22-21-16)13-6-8-23(9-7-13)11-17-19-14-10-12(2)4-5-15(14)24-17/h4-5,10,13H,3,6-9,11H2,1-2H3,(H,20,21,22). The molecule has 1 aliphatic heterocycles. The summed E-state index contributed by atoms with van der Waals surface area (Å²) in [6.45, 7) is 7.37.